The Kier molecular flexibility index (Phi) is 3.77. The van der Waals surface area contributed by atoms with Crippen LogP contribution in [0, 0.1) is 0 Å². The highest BCUT2D eigenvalue weighted by Gasteiger charge is 2.25. The van der Waals surface area contributed by atoms with Crippen LogP contribution >= 0.6 is 11.8 Å². The van der Waals surface area contributed by atoms with E-state index in [1.165, 1.54) is 17.7 Å². The molecule has 2 rings (SSSR count). The molecule has 0 fully saturated rings. The molecule has 0 amide bonds. The molecule has 17 heavy (non-hydrogen) atoms. The summed E-state index contributed by atoms with van der Waals surface area (Å²) in [6.07, 6.45) is 2.29. The van der Waals surface area contributed by atoms with Gasteiger partial charge in [-0.1, -0.05) is 43.3 Å². The van der Waals surface area contributed by atoms with Crippen LogP contribution in [0.5, 0.6) is 0 Å². The van der Waals surface area contributed by atoms with Gasteiger partial charge in [-0.15, -0.1) is 0 Å². The van der Waals surface area contributed by atoms with Gasteiger partial charge in [0.25, 0.3) is 0 Å². The first-order valence-electron chi connectivity index (χ1n) is 6.18. The van der Waals surface area contributed by atoms with Crippen LogP contribution in [0.4, 0.5) is 5.69 Å². The van der Waals surface area contributed by atoms with Gasteiger partial charge in [0.1, 0.15) is 0 Å². The number of nitrogens with one attached hydrogen (secondary N) is 1. The number of aliphatic imine (C=N–C) groups is 1. The smallest absolute Gasteiger partial charge is 0.161 e. The topological polar surface area (TPSA) is 24.4 Å². The zero-order valence-corrected chi connectivity index (χ0v) is 11.6. The third-order valence-electron chi connectivity index (χ3n) is 2.74. The van der Waals surface area contributed by atoms with Gasteiger partial charge in [0.15, 0.2) is 5.17 Å². The molecule has 1 aromatic carbocycles. The van der Waals surface area contributed by atoms with Crippen molar-refractivity contribution in [2.75, 3.05) is 11.1 Å². The molecule has 92 valence electrons. The zero-order chi connectivity index (χ0) is 12.3. The summed E-state index contributed by atoms with van der Waals surface area (Å²) in [6, 6.07) is 8.51. The van der Waals surface area contributed by atoms with E-state index in [2.05, 4.69) is 55.3 Å². The fraction of sp³-hybridized carbons (Fsp3) is 0.500. The Labute approximate surface area is 108 Å². The van der Waals surface area contributed by atoms with Gasteiger partial charge in [-0.3, -0.25) is 4.99 Å². The van der Waals surface area contributed by atoms with Gasteiger partial charge in [0.05, 0.1) is 5.54 Å². The first kappa shape index (κ1) is 12.5. The van der Waals surface area contributed by atoms with E-state index in [1.54, 1.807) is 0 Å². The van der Waals surface area contributed by atoms with Gasteiger partial charge in [-0.25, -0.2) is 0 Å². The first-order chi connectivity index (χ1) is 8.11. The third-order valence-corrected chi connectivity index (χ3v) is 4.06. The van der Waals surface area contributed by atoms with E-state index in [0.717, 1.165) is 17.3 Å². The summed E-state index contributed by atoms with van der Waals surface area (Å²) in [5, 5.41) is 4.52. The van der Waals surface area contributed by atoms with Crippen LogP contribution in [0.15, 0.2) is 29.3 Å². The maximum atomic E-state index is 4.69. The summed E-state index contributed by atoms with van der Waals surface area (Å²) in [5.74, 6) is 1.06. The van der Waals surface area contributed by atoms with Crippen molar-refractivity contribution < 1.29 is 0 Å². The summed E-state index contributed by atoms with van der Waals surface area (Å²) in [6.45, 7) is 6.56. The average Bonchev–Trinajstić information content (AvgIpc) is 2.61. The molecule has 0 saturated heterocycles. The number of benzene rings is 1. The maximum Gasteiger partial charge on any atom is 0.161 e. The SMILES string of the molecule is CCCc1ccccc1NC1=NC(C)(C)CS1. The Morgan fingerprint density at radius 2 is 2.12 bits per heavy atom. The molecule has 1 N–H and O–H groups in total. The average molecular weight is 248 g/mol. The summed E-state index contributed by atoms with van der Waals surface area (Å²) in [5.41, 5.74) is 2.66. The summed E-state index contributed by atoms with van der Waals surface area (Å²) >= 11 is 1.81. The molecule has 1 aliphatic heterocycles. The van der Waals surface area contributed by atoms with Crippen LogP contribution in [0.3, 0.4) is 0 Å². The minimum absolute atomic E-state index is 0.0761. The molecule has 0 aliphatic carbocycles. The van der Waals surface area contributed by atoms with E-state index in [0.29, 0.717) is 0 Å². The molecule has 1 aliphatic rings. The zero-order valence-electron chi connectivity index (χ0n) is 10.8. The molecule has 0 bridgehead atoms. The predicted octanol–water partition coefficient (Wildman–Crippen LogP) is 3.93. The number of aryl methyl sites for hydroxylation is 1. The molecule has 0 radical (unpaired) electrons. The quantitative estimate of drug-likeness (QED) is 0.876. The summed E-state index contributed by atoms with van der Waals surface area (Å²) in [4.78, 5) is 4.69. The van der Waals surface area contributed by atoms with Gasteiger partial charge in [0.2, 0.25) is 0 Å². The highest BCUT2D eigenvalue weighted by Crippen LogP contribution is 2.28. The number of hydrogen-bond acceptors (Lipinski definition) is 3. The Morgan fingerprint density at radius 3 is 2.76 bits per heavy atom. The number of rotatable bonds is 3. The third kappa shape index (κ3) is 3.25. The van der Waals surface area contributed by atoms with E-state index in [-0.39, 0.29) is 5.54 Å². The van der Waals surface area contributed by atoms with Crippen molar-refractivity contribution in [3.63, 3.8) is 0 Å². The second-order valence-electron chi connectivity index (χ2n) is 5.05. The highest BCUT2D eigenvalue weighted by molar-refractivity contribution is 8.14. The minimum Gasteiger partial charge on any atom is -0.335 e. The number of anilines is 1. The molecular weight excluding hydrogens is 228 g/mol. The maximum absolute atomic E-state index is 4.69. The Morgan fingerprint density at radius 1 is 1.35 bits per heavy atom. The van der Waals surface area contributed by atoms with Gasteiger partial charge >= 0.3 is 0 Å². The van der Waals surface area contributed by atoms with Crippen molar-refractivity contribution in [2.24, 2.45) is 4.99 Å². The number of para-hydroxylation sites is 1. The second kappa shape index (κ2) is 5.13. The van der Waals surface area contributed by atoms with Crippen molar-refractivity contribution in [3.05, 3.63) is 29.8 Å². The van der Waals surface area contributed by atoms with Gasteiger partial charge in [0, 0.05) is 11.4 Å². The molecule has 0 spiro atoms. The van der Waals surface area contributed by atoms with E-state index in [9.17, 15) is 0 Å². The molecule has 0 unspecified atom stereocenters. The van der Waals surface area contributed by atoms with Gasteiger partial charge in [-0.05, 0) is 31.9 Å². The molecule has 2 nitrogen and oxygen atoms in total. The highest BCUT2D eigenvalue weighted by atomic mass is 32.2. The van der Waals surface area contributed by atoms with Crippen LogP contribution in [-0.4, -0.2) is 16.5 Å². The Bertz CT molecular complexity index is 424. The lowest BCUT2D eigenvalue weighted by atomic mass is 10.1. The minimum atomic E-state index is 0.0761. The lowest BCUT2D eigenvalue weighted by Crippen LogP contribution is -2.15. The molecule has 0 aromatic heterocycles. The molecule has 1 heterocycles. The number of thioether (sulfide) groups is 1. The lowest BCUT2D eigenvalue weighted by Gasteiger charge is -2.11. The van der Waals surface area contributed by atoms with Crippen molar-refractivity contribution in [2.45, 2.75) is 39.2 Å². The van der Waals surface area contributed by atoms with E-state index in [1.807, 2.05) is 11.8 Å². The fourth-order valence-electron chi connectivity index (χ4n) is 1.89. The molecule has 1 aromatic rings. The van der Waals surface area contributed by atoms with Gasteiger partial charge < -0.3 is 5.32 Å². The summed E-state index contributed by atoms with van der Waals surface area (Å²) < 4.78 is 0. The normalized spacial score (nSPS) is 17.9. The van der Waals surface area contributed by atoms with Crippen molar-refractivity contribution >= 4 is 22.6 Å². The van der Waals surface area contributed by atoms with Crippen molar-refractivity contribution in [1.82, 2.24) is 0 Å². The second-order valence-corrected chi connectivity index (χ2v) is 6.01. The van der Waals surface area contributed by atoms with Gasteiger partial charge in [-0.2, -0.15) is 0 Å². The standard InChI is InChI=1S/C14H20N2S/c1-4-7-11-8-5-6-9-12(11)15-13-16-14(2,3)10-17-13/h5-6,8-9H,4,7,10H2,1-3H3,(H,15,16). The number of hydrogen-bond donors (Lipinski definition) is 1. The van der Waals surface area contributed by atoms with Crippen molar-refractivity contribution in [3.8, 4) is 0 Å². The first-order valence-corrected chi connectivity index (χ1v) is 7.17. The molecule has 0 saturated carbocycles. The van der Waals surface area contributed by atoms with Crippen LogP contribution in [-0.2, 0) is 6.42 Å². The van der Waals surface area contributed by atoms with Crippen molar-refractivity contribution in [1.29, 1.82) is 0 Å². The number of nitrogens with zero attached hydrogens (tertiary/aromatic N) is 1. The Balaban J connectivity index is 2.14. The van der Waals surface area contributed by atoms with Crippen LogP contribution in [0.2, 0.25) is 0 Å². The Hall–Kier alpha value is -0.960. The van der Waals surface area contributed by atoms with E-state index < -0.39 is 0 Å². The molecular formula is C14H20N2S. The fourth-order valence-corrected chi connectivity index (χ4v) is 2.94. The largest absolute Gasteiger partial charge is 0.335 e. The van der Waals surface area contributed by atoms with E-state index in [4.69, 9.17) is 0 Å². The van der Waals surface area contributed by atoms with E-state index >= 15 is 0 Å². The molecule has 0 atom stereocenters. The number of amidine groups is 1. The summed E-state index contributed by atoms with van der Waals surface area (Å²) in [7, 11) is 0. The predicted molar refractivity (Wildman–Crippen MR) is 78.0 cm³/mol. The monoisotopic (exact) mass is 248 g/mol. The van der Waals surface area contributed by atoms with Crippen LogP contribution in [0.25, 0.3) is 0 Å². The van der Waals surface area contributed by atoms with Crippen LogP contribution in [0.1, 0.15) is 32.8 Å². The lowest BCUT2D eigenvalue weighted by molar-refractivity contribution is 0.605. The van der Waals surface area contributed by atoms with Crippen LogP contribution < -0.4 is 5.32 Å². The molecule has 3 heteroatoms.